The van der Waals surface area contributed by atoms with Crippen LogP contribution < -0.4 is 0 Å². The molecule has 0 amide bonds. The van der Waals surface area contributed by atoms with Gasteiger partial charge >= 0.3 is 7.60 Å². The first-order valence-electron chi connectivity index (χ1n) is 11.1. The zero-order valence-corrected chi connectivity index (χ0v) is 18.7. The molecule has 3 aromatic rings. The van der Waals surface area contributed by atoms with Crippen molar-refractivity contribution in [1.29, 1.82) is 0 Å². The van der Waals surface area contributed by atoms with E-state index in [1.54, 1.807) is 6.26 Å². The largest absolute Gasteiger partial charge is 0.464 e. The van der Waals surface area contributed by atoms with E-state index in [0.29, 0.717) is 6.42 Å². The summed E-state index contributed by atoms with van der Waals surface area (Å²) in [5, 5.41) is 1.13. The standard InChI is InChI=1S/C25H33O4P/c1-2-3-4-6-9-20-11-13-22(14-12-20)23-16-15-21(24-17-18-29-25(23)24)10-7-5-8-19-30(26,27)28/h11-18H,2-10,19H2,1H3,(H2,26,27,28). The van der Waals surface area contributed by atoms with Gasteiger partial charge in [-0.3, -0.25) is 4.57 Å². The van der Waals surface area contributed by atoms with E-state index in [9.17, 15) is 4.57 Å². The molecule has 5 heteroatoms. The number of aryl methyl sites for hydroxylation is 2. The summed E-state index contributed by atoms with van der Waals surface area (Å²) in [6.07, 6.45) is 11.1. The first-order valence-corrected chi connectivity index (χ1v) is 12.9. The zero-order chi connectivity index (χ0) is 21.4. The van der Waals surface area contributed by atoms with E-state index in [4.69, 9.17) is 14.2 Å². The normalized spacial score (nSPS) is 12.0. The van der Waals surface area contributed by atoms with Gasteiger partial charge in [-0.25, -0.2) is 0 Å². The van der Waals surface area contributed by atoms with Crippen LogP contribution in [0.1, 0.15) is 63.0 Å². The second kappa shape index (κ2) is 10.9. The van der Waals surface area contributed by atoms with Crippen molar-refractivity contribution >= 4 is 18.6 Å². The third-order valence-electron chi connectivity index (χ3n) is 5.69. The molecule has 4 nitrogen and oxygen atoms in total. The molecular formula is C25H33O4P. The van der Waals surface area contributed by atoms with Gasteiger partial charge in [-0.15, -0.1) is 0 Å². The van der Waals surface area contributed by atoms with E-state index in [1.807, 2.05) is 6.07 Å². The van der Waals surface area contributed by atoms with E-state index in [-0.39, 0.29) is 6.16 Å². The molecule has 162 valence electrons. The molecule has 0 atom stereocenters. The van der Waals surface area contributed by atoms with Gasteiger partial charge in [0.1, 0.15) is 5.58 Å². The fraction of sp³-hybridized carbons (Fsp3) is 0.440. The molecule has 0 unspecified atom stereocenters. The van der Waals surface area contributed by atoms with E-state index >= 15 is 0 Å². The van der Waals surface area contributed by atoms with Crippen molar-refractivity contribution in [3.63, 3.8) is 0 Å². The third-order valence-corrected chi connectivity index (χ3v) is 6.59. The molecule has 2 aromatic carbocycles. The highest BCUT2D eigenvalue weighted by molar-refractivity contribution is 7.51. The first-order chi connectivity index (χ1) is 14.5. The van der Waals surface area contributed by atoms with Gasteiger partial charge < -0.3 is 14.2 Å². The third kappa shape index (κ3) is 6.57. The Labute approximate surface area is 179 Å². The Morgan fingerprint density at radius 2 is 1.57 bits per heavy atom. The molecular weight excluding hydrogens is 395 g/mol. The van der Waals surface area contributed by atoms with Crippen molar-refractivity contribution in [2.45, 2.75) is 64.7 Å². The number of hydrogen-bond acceptors (Lipinski definition) is 2. The van der Waals surface area contributed by atoms with Crippen LogP contribution in [0.5, 0.6) is 0 Å². The average molecular weight is 429 g/mol. The topological polar surface area (TPSA) is 70.7 Å². The van der Waals surface area contributed by atoms with Crippen LogP contribution in [0.3, 0.4) is 0 Å². The van der Waals surface area contributed by atoms with Crippen LogP contribution in [-0.2, 0) is 17.4 Å². The number of unbranched alkanes of at least 4 members (excludes halogenated alkanes) is 5. The van der Waals surface area contributed by atoms with Crippen molar-refractivity contribution < 1.29 is 18.8 Å². The number of fused-ring (bicyclic) bond motifs is 1. The van der Waals surface area contributed by atoms with Crippen LogP contribution >= 0.6 is 7.60 Å². The summed E-state index contributed by atoms with van der Waals surface area (Å²) in [5.74, 6) is 0. The van der Waals surface area contributed by atoms with Gasteiger partial charge in [0, 0.05) is 17.1 Å². The fourth-order valence-corrected chi connectivity index (χ4v) is 4.62. The second-order valence-corrected chi connectivity index (χ2v) is 9.92. The van der Waals surface area contributed by atoms with Crippen molar-refractivity contribution in [3.05, 3.63) is 59.9 Å². The highest BCUT2D eigenvalue weighted by atomic mass is 31.2. The lowest BCUT2D eigenvalue weighted by molar-refractivity contribution is 0.371. The van der Waals surface area contributed by atoms with Crippen LogP contribution in [-0.4, -0.2) is 15.9 Å². The van der Waals surface area contributed by atoms with Gasteiger partial charge in [-0.05, 0) is 54.9 Å². The predicted octanol–water partition coefficient (Wildman–Crippen LogP) is 7.11. The zero-order valence-electron chi connectivity index (χ0n) is 17.8. The number of furan rings is 1. The van der Waals surface area contributed by atoms with Crippen LogP contribution in [0.15, 0.2) is 53.1 Å². The molecule has 0 aliphatic heterocycles. The van der Waals surface area contributed by atoms with Crippen molar-refractivity contribution in [1.82, 2.24) is 0 Å². The number of benzene rings is 2. The van der Waals surface area contributed by atoms with Crippen molar-refractivity contribution in [2.75, 3.05) is 6.16 Å². The smallest absolute Gasteiger partial charge is 0.325 e. The summed E-state index contributed by atoms with van der Waals surface area (Å²) in [4.78, 5) is 17.9. The monoisotopic (exact) mass is 428 g/mol. The Morgan fingerprint density at radius 3 is 2.30 bits per heavy atom. The van der Waals surface area contributed by atoms with E-state index < -0.39 is 7.60 Å². The Morgan fingerprint density at radius 1 is 0.833 bits per heavy atom. The minimum absolute atomic E-state index is 0.0261. The molecule has 3 rings (SSSR count). The van der Waals surface area contributed by atoms with Gasteiger partial charge in [0.25, 0.3) is 0 Å². The van der Waals surface area contributed by atoms with E-state index in [2.05, 4.69) is 43.3 Å². The molecule has 30 heavy (non-hydrogen) atoms. The van der Waals surface area contributed by atoms with E-state index in [1.165, 1.54) is 42.4 Å². The molecule has 0 bridgehead atoms. The quantitative estimate of drug-likeness (QED) is 0.238. The highest BCUT2D eigenvalue weighted by Gasteiger charge is 2.13. The Bertz CT molecular complexity index is 968. The van der Waals surface area contributed by atoms with Gasteiger partial charge in [-0.2, -0.15) is 0 Å². The minimum Gasteiger partial charge on any atom is -0.464 e. The average Bonchev–Trinajstić information content (AvgIpc) is 3.21. The molecule has 1 aromatic heterocycles. The summed E-state index contributed by atoms with van der Waals surface area (Å²) in [6.45, 7) is 2.24. The molecule has 2 N–H and O–H groups in total. The van der Waals surface area contributed by atoms with Gasteiger partial charge in [-0.1, -0.05) is 69.0 Å². The lowest BCUT2D eigenvalue weighted by atomic mass is 9.96. The molecule has 0 radical (unpaired) electrons. The summed E-state index contributed by atoms with van der Waals surface area (Å²) in [5.41, 5.74) is 5.81. The molecule has 0 saturated carbocycles. The lowest BCUT2D eigenvalue weighted by Gasteiger charge is -2.09. The summed E-state index contributed by atoms with van der Waals surface area (Å²) in [6, 6.07) is 15.1. The maximum Gasteiger partial charge on any atom is 0.325 e. The second-order valence-electron chi connectivity index (χ2n) is 8.14. The molecule has 0 spiro atoms. The van der Waals surface area contributed by atoms with Crippen LogP contribution in [0.25, 0.3) is 22.1 Å². The summed E-state index contributed by atoms with van der Waals surface area (Å²) in [7, 11) is -3.88. The number of rotatable bonds is 12. The predicted molar refractivity (Wildman–Crippen MR) is 124 cm³/mol. The lowest BCUT2D eigenvalue weighted by Crippen LogP contribution is -1.92. The SMILES string of the molecule is CCCCCCc1ccc(-c2ccc(CCCCCP(=O)(O)O)c3ccoc23)cc1. The molecule has 1 heterocycles. The Kier molecular flexibility index (Phi) is 8.32. The highest BCUT2D eigenvalue weighted by Crippen LogP contribution is 2.36. The maximum atomic E-state index is 11.0. The maximum absolute atomic E-state index is 11.0. The van der Waals surface area contributed by atoms with Gasteiger partial charge in [0.05, 0.1) is 6.26 Å². The van der Waals surface area contributed by atoms with E-state index in [0.717, 1.165) is 42.2 Å². The van der Waals surface area contributed by atoms with Crippen molar-refractivity contribution in [2.24, 2.45) is 0 Å². The number of hydrogen-bond donors (Lipinski definition) is 2. The van der Waals surface area contributed by atoms with Crippen LogP contribution in [0, 0.1) is 0 Å². The molecule has 0 saturated heterocycles. The summed E-state index contributed by atoms with van der Waals surface area (Å²) < 4.78 is 16.8. The summed E-state index contributed by atoms with van der Waals surface area (Å²) >= 11 is 0. The fourth-order valence-electron chi connectivity index (χ4n) is 3.98. The van der Waals surface area contributed by atoms with Crippen molar-refractivity contribution in [3.8, 4) is 11.1 Å². The Balaban J connectivity index is 1.64. The van der Waals surface area contributed by atoms with Crippen LogP contribution in [0.2, 0.25) is 0 Å². The van der Waals surface area contributed by atoms with Crippen LogP contribution in [0.4, 0.5) is 0 Å². The molecule has 0 fully saturated rings. The first kappa shape index (κ1) is 22.8. The minimum atomic E-state index is -3.88. The molecule has 0 aliphatic rings. The van der Waals surface area contributed by atoms with Gasteiger partial charge in [0.15, 0.2) is 0 Å². The Hall–Kier alpha value is -1.87. The van der Waals surface area contributed by atoms with Gasteiger partial charge in [0.2, 0.25) is 0 Å². The molecule has 0 aliphatic carbocycles.